The number of nitrogens with one attached hydrogen (secondary N) is 2. The Morgan fingerprint density at radius 2 is 1.79 bits per heavy atom. The molecule has 1 aromatic heterocycles. The van der Waals surface area contributed by atoms with Gasteiger partial charge >= 0.3 is 0 Å². The minimum atomic E-state index is -1.09. The second kappa shape index (κ2) is 8.34. The van der Waals surface area contributed by atoms with E-state index < -0.39 is 17.5 Å². The summed E-state index contributed by atoms with van der Waals surface area (Å²) >= 11 is 0. The molecule has 0 aliphatic heterocycles. The Morgan fingerprint density at radius 1 is 0.964 bits per heavy atom. The molecule has 144 valence electrons. The van der Waals surface area contributed by atoms with Gasteiger partial charge in [0, 0.05) is 11.6 Å². The van der Waals surface area contributed by atoms with E-state index in [0.29, 0.717) is 28.7 Å². The van der Waals surface area contributed by atoms with Crippen molar-refractivity contribution in [2.24, 2.45) is 0 Å². The lowest BCUT2D eigenvalue weighted by molar-refractivity contribution is 0.102. The van der Waals surface area contributed by atoms with Gasteiger partial charge in [-0.05, 0) is 42.5 Å². The van der Waals surface area contributed by atoms with Crippen molar-refractivity contribution >= 4 is 23.1 Å². The molecule has 0 radical (unpaired) electrons. The molecule has 0 aliphatic rings. The zero-order chi connectivity index (χ0) is 20.1. The summed E-state index contributed by atoms with van der Waals surface area (Å²) in [6.45, 7) is 0. The molecule has 2 aromatic carbocycles. The highest BCUT2D eigenvalue weighted by atomic mass is 19.2. The fourth-order valence-corrected chi connectivity index (χ4v) is 2.43. The summed E-state index contributed by atoms with van der Waals surface area (Å²) in [6.07, 6.45) is 1.44. The van der Waals surface area contributed by atoms with Gasteiger partial charge < -0.3 is 20.1 Å². The van der Waals surface area contributed by atoms with E-state index in [9.17, 15) is 13.6 Å². The Labute approximate surface area is 160 Å². The van der Waals surface area contributed by atoms with Crippen molar-refractivity contribution in [2.45, 2.75) is 0 Å². The maximum absolute atomic E-state index is 13.3. The smallest absolute Gasteiger partial charge is 0.255 e. The van der Waals surface area contributed by atoms with Gasteiger partial charge in [0.05, 0.1) is 31.8 Å². The summed E-state index contributed by atoms with van der Waals surface area (Å²) in [5.41, 5.74) is 1.06. The van der Waals surface area contributed by atoms with E-state index in [-0.39, 0.29) is 5.56 Å². The Hall–Kier alpha value is -3.68. The van der Waals surface area contributed by atoms with Crippen LogP contribution in [0.2, 0.25) is 0 Å². The summed E-state index contributed by atoms with van der Waals surface area (Å²) in [7, 11) is 3.12. The van der Waals surface area contributed by atoms with Crippen molar-refractivity contribution in [3.8, 4) is 11.5 Å². The largest absolute Gasteiger partial charge is 0.497 e. The average Bonchev–Trinajstić information content (AvgIpc) is 2.71. The Balaban J connectivity index is 1.71. The Bertz CT molecular complexity index is 994. The lowest BCUT2D eigenvalue weighted by Crippen LogP contribution is -2.12. The first-order chi connectivity index (χ1) is 13.5. The summed E-state index contributed by atoms with van der Waals surface area (Å²) in [6, 6.07) is 11.5. The summed E-state index contributed by atoms with van der Waals surface area (Å²) < 4.78 is 36.7. The number of halogens is 2. The second-order valence-corrected chi connectivity index (χ2v) is 5.71. The molecule has 3 rings (SSSR count). The topological polar surface area (TPSA) is 72.5 Å². The molecular formula is C20H17F2N3O3. The van der Waals surface area contributed by atoms with E-state index in [4.69, 9.17) is 9.47 Å². The molecular weight excluding hydrogens is 368 g/mol. The molecule has 2 N–H and O–H groups in total. The van der Waals surface area contributed by atoms with Crippen LogP contribution in [0.4, 0.5) is 26.0 Å². The van der Waals surface area contributed by atoms with Gasteiger partial charge in [-0.3, -0.25) is 4.79 Å². The van der Waals surface area contributed by atoms with E-state index in [0.717, 1.165) is 12.1 Å². The van der Waals surface area contributed by atoms with Crippen LogP contribution in [0, 0.1) is 11.6 Å². The van der Waals surface area contributed by atoms with Gasteiger partial charge in [-0.25, -0.2) is 13.8 Å². The van der Waals surface area contributed by atoms with Crippen LogP contribution in [0.25, 0.3) is 0 Å². The number of rotatable bonds is 6. The molecule has 0 saturated heterocycles. The molecule has 0 aliphatic carbocycles. The number of aromatic nitrogens is 1. The fourth-order valence-electron chi connectivity index (χ4n) is 2.43. The number of nitrogens with zero attached hydrogens (tertiary/aromatic N) is 1. The maximum Gasteiger partial charge on any atom is 0.255 e. The predicted octanol–water partition coefficient (Wildman–Crippen LogP) is 4.37. The molecule has 0 spiro atoms. The van der Waals surface area contributed by atoms with Crippen molar-refractivity contribution in [3.63, 3.8) is 0 Å². The highest BCUT2D eigenvalue weighted by molar-refractivity contribution is 6.04. The van der Waals surface area contributed by atoms with Crippen molar-refractivity contribution in [3.05, 3.63) is 71.9 Å². The molecule has 8 heteroatoms. The third-order valence-corrected chi connectivity index (χ3v) is 3.87. The summed E-state index contributed by atoms with van der Waals surface area (Å²) in [5.74, 6) is -0.899. The van der Waals surface area contributed by atoms with Crippen molar-refractivity contribution in [1.82, 2.24) is 4.98 Å². The highest BCUT2D eigenvalue weighted by Crippen LogP contribution is 2.31. The molecule has 3 aromatic rings. The van der Waals surface area contributed by atoms with Gasteiger partial charge in [-0.15, -0.1) is 0 Å². The van der Waals surface area contributed by atoms with Crippen molar-refractivity contribution < 1.29 is 23.0 Å². The lowest BCUT2D eigenvalue weighted by Gasteiger charge is -2.12. The first-order valence-corrected chi connectivity index (χ1v) is 8.21. The van der Waals surface area contributed by atoms with Crippen LogP contribution in [0.1, 0.15) is 10.4 Å². The normalized spacial score (nSPS) is 10.3. The number of carbonyl (C=O) groups excluding carboxylic acids is 1. The summed E-state index contributed by atoms with van der Waals surface area (Å²) in [4.78, 5) is 16.4. The van der Waals surface area contributed by atoms with Gasteiger partial charge in [-0.1, -0.05) is 0 Å². The third kappa shape index (κ3) is 4.35. The number of carbonyl (C=O) groups is 1. The lowest BCUT2D eigenvalue weighted by atomic mass is 10.2. The second-order valence-electron chi connectivity index (χ2n) is 5.71. The van der Waals surface area contributed by atoms with Gasteiger partial charge in [0.1, 0.15) is 17.3 Å². The van der Waals surface area contributed by atoms with E-state index in [1.54, 1.807) is 44.6 Å². The zero-order valence-corrected chi connectivity index (χ0v) is 15.1. The van der Waals surface area contributed by atoms with Crippen molar-refractivity contribution in [2.75, 3.05) is 24.9 Å². The first-order valence-electron chi connectivity index (χ1n) is 8.21. The highest BCUT2D eigenvalue weighted by Gasteiger charge is 2.11. The Kier molecular flexibility index (Phi) is 5.69. The quantitative estimate of drug-likeness (QED) is 0.659. The third-order valence-electron chi connectivity index (χ3n) is 3.87. The first kappa shape index (κ1) is 19.1. The van der Waals surface area contributed by atoms with Gasteiger partial charge in [0.15, 0.2) is 11.6 Å². The molecule has 6 nitrogen and oxygen atoms in total. The SMILES string of the molecule is COc1ccc(OC)c(Nc2ccc(NC(=O)c3ccc(F)c(F)c3)cn2)c1. The van der Waals surface area contributed by atoms with Gasteiger partial charge in [0.25, 0.3) is 5.91 Å². The van der Waals surface area contributed by atoms with Gasteiger partial charge in [-0.2, -0.15) is 0 Å². The minimum Gasteiger partial charge on any atom is -0.497 e. The monoisotopic (exact) mass is 385 g/mol. The predicted molar refractivity (Wildman–Crippen MR) is 101 cm³/mol. The molecule has 1 heterocycles. The van der Waals surface area contributed by atoms with Crippen molar-refractivity contribution in [1.29, 1.82) is 0 Å². The molecule has 0 unspecified atom stereocenters. The van der Waals surface area contributed by atoms with Crippen LogP contribution in [-0.4, -0.2) is 25.1 Å². The number of amides is 1. The zero-order valence-electron chi connectivity index (χ0n) is 15.1. The summed E-state index contributed by atoms with van der Waals surface area (Å²) in [5, 5.41) is 5.68. The molecule has 0 atom stereocenters. The number of hydrogen-bond acceptors (Lipinski definition) is 5. The molecule has 0 bridgehead atoms. The maximum atomic E-state index is 13.3. The number of hydrogen-bond donors (Lipinski definition) is 2. The molecule has 0 saturated carbocycles. The number of benzene rings is 2. The van der Waals surface area contributed by atoms with E-state index in [1.165, 1.54) is 12.3 Å². The number of ether oxygens (including phenoxy) is 2. The van der Waals surface area contributed by atoms with E-state index in [2.05, 4.69) is 15.6 Å². The number of pyridine rings is 1. The average molecular weight is 385 g/mol. The van der Waals surface area contributed by atoms with E-state index in [1.807, 2.05) is 0 Å². The van der Waals surface area contributed by atoms with Crippen LogP contribution in [0.5, 0.6) is 11.5 Å². The van der Waals surface area contributed by atoms with Crippen LogP contribution < -0.4 is 20.1 Å². The molecule has 28 heavy (non-hydrogen) atoms. The van der Waals surface area contributed by atoms with Crippen LogP contribution >= 0.6 is 0 Å². The number of methoxy groups -OCH3 is 2. The minimum absolute atomic E-state index is 0.00205. The van der Waals surface area contributed by atoms with Crippen LogP contribution in [0.15, 0.2) is 54.7 Å². The molecule has 1 amide bonds. The number of anilines is 3. The van der Waals surface area contributed by atoms with Crippen LogP contribution in [0.3, 0.4) is 0 Å². The van der Waals surface area contributed by atoms with Gasteiger partial charge in [0.2, 0.25) is 0 Å². The standard InChI is InChI=1S/C20H17F2N3O3/c1-27-14-5-7-18(28-2)17(10-14)25-19-8-4-13(11-23-19)24-20(26)12-3-6-15(21)16(22)9-12/h3-11H,1-2H3,(H,23,25)(H,24,26). The van der Waals surface area contributed by atoms with E-state index >= 15 is 0 Å². The molecule has 0 fully saturated rings. The fraction of sp³-hybridized carbons (Fsp3) is 0.100. The Morgan fingerprint density at radius 3 is 2.43 bits per heavy atom. The van der Waals surface area contributed by atoms with Crippen LogP contribution in [-0.2, 0) is 0 Å².